The number of alkyl halides is 1. The number of imidazole rings is 1. The Morgan fingerprint density at radius 2 is 2.20 bits per heavy atom. The summed E-state index contributed by atoms with van der Waals surface area (Å²) in [6, 6.07) is 5.24. The monoisotopic (exact) mass is 424 g/mol. The zero-order valence-corrected chi connectivity index (χ0v) is 16.2. The van der Waals surface area contributed by atoms with Crippen LogP contribution in [0.3, 0.4) is 0 Å². The van der Waals surface area contributed by atoms with Crippen LogP contribution in [0.1, 0.15) is 24.0 Å². The van der Waals surface area contributed by atoms with Gasteiger partial charge in [-0.1, -0.05) is 23.3 Å². The molecule has 150 valence electrons. The molecule has 0 unspecified atom stereocenters. The van der Waals surface area contributed by atoms with E-state index in [1.165, 1.54) is 22.8 Å². The van der Waals surface area contributed by atoms with Crippen molar-refractivity contribution in [2.45, 2.75) is 24.6 Å². The number of nitrogens with zero attached hydrogens (tertiary/aromatic N) is 6. The Balaban J connectivity index is 1.59. The molecule has 0 spiro atoms. The minimum absolute atomic E-state index is 0.122. The Morgan fingerprint density at radius 1 is 1.40 bits per heavy atom. The summed E-state index contributed by atoms with van der Waals surface area (Å²) in [7, 11) is 0. The maximum absolute atomic E-state index is 15.0. The van der Waals surface area contributed by atoms with Gasteiger partial charge in [0.25, 0.3) is 17.4 Å². The van der Waals surface area contributed by atoms with E-state index in [1.54, 1.807) is 0 Å². The zero-order valence-electron chi connectivity index (χ0n) is 15.5. The third kappa shape index (κ3) is 3.07. The summed E-state index contributed by atoms with van der Waals surface area (Å²) in [5.74, 6) is 0.836. The second-order valence-electron chi connectivity index (χ2n) is 7.25. The third-order valence-corrected chi connectivity index (χ3v) is 5.38. The number of rotatable bonds is 5. The highest BCUT2D eigenvalue weighted by Crippen LogP contribution is 2.42. The van der Waals surface area contributed by atoms with Crippen molar-refractivity contribution in [3.05, 3.63) is 45.9 Å². The molecule has 1 saturated carbocycles. The molecule has 9 nitrogen and oxygen atoms in total. The average molecular weight is 425 g/mol. The maximum Gasteiger partial charge on any atom is 0.275 e. The first-order valence-electron chi connectivity index (χ1n) is 9.18. The fourth-order valence-electron chi connectivity index (χ4n) is 3.18. The highest BCUT2D eigenvalue weighted by atomic mass is 35.5. The lowest BCUT2D eigenvalue weighted by molar-refractivity contribution is -0.135. The normalized spacial score (nSPS) is 17.1. The molecule has 2 aromatic heterocycles. The Morgan fingerprint density at radius 3 is 2.83 bits per heavy atom. The lowest BCUT2D eigenvalue weighted by atomic mass is 9.92. The molecule has 0 atom stereocenters. The smallest absolute Gasteiger partial charge is 0.275 e. The van der Waals surface area contributed by atoms with Crippen LogP contribution in [0.4, 0.5) is 27.7 Å². The summed E-state index contributed by atoms with van der Waals surface area (Å²) in [4.78, 5) is 12.1. The number of benzene rings is 1. The molecule has 1 saturated heterocycles. The molecular formula is C19H14ClFN8O. The lowest BCUT2D eigenvalue weighted by Crippen LogP contribution is -2.42. The van der Waals surface area contributed by atoms with Crippen LogP contribution in [0.2, 0.25) is 5.02 Å². The van der Waals surface area contributed by atoms with Crippen LogP contribution in [-0.2, 0) is 10.4 Å². The van der Waals surface area contributed by atoms with Gasteiger partial charge in [-0.3, -0.25) is 0 Å². The number of aromatic nitrogens is 4. The van der Waals surface area contributed by atoms with Gasteiger partial charge in [0, 0.05) is 11.6 Å². The molecule has 2 fully saturated rings. The molecule has 0 amide bonds. The second-order valence-corrected chi connectivity index (χ2v) is 7.62. The van der Waals surface area contributed by atoms with Crippen molar-refractivity contribution in [1.82, 2.24) is 19.6 Å². The summed E-state index contributed by atoms with van der Waals surface area (Å²) in [5.41, 5.74) is -0.603. The van der Waals surface area contributed by atoms with Gasteiger partial charge in [0.1, 0.15) is 0 Å². The predicted molar refractivity (Wildman–Crippen MR) is 107 cm³/mol. The van der Waals surface area contributed by atoms with Crippen molar-refractivity contribution in [2.75, 3.05) is 23.8 Å². The van der Waals surface area contributed by atoms with E-state index in [-0.39, 0.29) is 46.8 Å². The maximum atomic E-state index is 15.0. The third-order valence-electron chi connectivity index (χ3n) is 4.97. The molecule has 3 heterocycles. The van der Waals surface area contributed by atoms with Gasteiger partial charge in [-0.05, 0) is 25.0 Å². The van der Waals surface area contributed by atoms with Gasteiger partial charge in [0.15, 0.2) is 11.5 Å². The molecule has 11 heteroatoms. The van der Waals surface area contributed by atoms with Crippen LogP contribution >= 0.6 is 11.6 Å². The minimum atomic E-state index is -1.74. The van der Waals surface area contributed by atoms with Gasteiger partial charge in [-0.25, -0.2) is 9.37 Å². The van der Waals surface area contributed by atoms with E-state index >= 15 is 0 Å². The molecule has 3 aromatic rings. The number of hydrogen-bond donors (Lipinski definition) is 2. The molecule has 0 radical (unpaired) electrons. The lowest BCUT2D eigenvalue weighted by Gasteiger charge is -2.35. The summed E-state index contributed by atoms with van der Waals surface area (Å²) in [6.45, 7) is 7.08. The highest BCUT2D eigenvalue weighted by Gasteiger charge is 2.43. The van der Waals surface area contributed by atoms with E-state index < -0.39 is 5.67 Å². The molecule has 5 rings (SSSR count). The van der Waals surface area contributed by atoms with Crippen LogP contribution in [-0.4, -0.2) is 38.8 Å². The molecular weight excluding hydrogens is 411 g/mol. The van der Waals surface area contributed by atoms with E-state index in [9.17, 15) is 9.65 Å². The molecule has 2 N–H and O–H groups in total. The van der Waals surface area contributed by atoms with E-state index in [0.29, 0.717) is 17.5 Å². The van der Waals surface area contributed by atoms with Crippen molar-refractivity contribution in [2.24, 2.45) is 0 Å². The second kappa shape index (κ2) is 6.80. The molecule has 2 aliphatic rings. The van der Waals surface area contributed by atoms with E-state index in [2.05, 4.69) is 30.5 Å². The SMILES string of the molecule is [C-]#[N+]c1cnc2c(NC3CC3)nc(Nc3cc(C#N)cc(C4(F)COC4)c3Cl)nn12. The van der Waals surface area contributed by atoms with Gasteiger partial charge < -0.3 is 20.2 Å². The van der Waals surface area contributed by atoms with Crippen LogP contribution in [0, 0.1) is 17.9 Å². The number of anilines is 3. The average Bonchev–Trinajstić information content (AvgIpc) is 3.44. The Hall–Kier alpha value is -3.47. The van der Waals surface area contributed by atoms with Gasteiger partial charge in [-0.15, -0.1) is 4.52 Å². The predicted octanol–water partition coefficient (Wildman–Crippen LogP) is 3.71. The Bertz CT molecular complexity index is 1250. The first-order chi connectivity index (χ1) is 14.5. The molecule has 1 aromatic carbocycles. The van der Waals surface area contributed by atoms with Gasteiger partial charge in [0.2, 0.25) is 0 Å². The first-order valence-corrected chi connectivity index (χ1v) is 9.56. The number of halogens is 2. The minimum Gasteiger partial charge on any atom is -0.374 e. The summed E-state index contributed by atoms with van der Waals surface area (Å²) in [5, 5.41) is 20.1. The Kier molecular flexibility index (Phi) is 4.21. The van der Waals surface area contributed by atoms with E-state index in [1.807, 2.05) is 6.07 Å². The van der Waals surface area contributed by atoms with Crippen molar-refractivity contribution < 1.29 is 9.13 Å². The van der Waals surface area contributed by atoms with Crippen molar-refractivity contribution in [3.8, 4) is 6.07 Å². The van der Waals surface area contributed by atoms with Crippen LogP contribution < -0.4 is 10.6 Å². The van der Waals surface area contributed by atoms with Gasteiger partial charge in [-0.2, -0.15) is 10.2 Å². The Labute approximate surface area is 175 Å². The van der Waals surface area contributed by atoms with Gasteiger partial charge >= 0.3 is 0 Å². The molecule has 1 aliphatic carbocycles. The molecule has 1 aliphatic heterocycles. The number of fused-ring (bicyclic) bond motifs is 1. The fraction of sp³-hybridized carbons (Fsp3) is 0.316. The summed E-state index contributed by atoms with van der Waals surface area (Å²) in [6.07, 6.45) is 3.47. The van der Waals surface area contributed by atoms with Crippen molar-refractivity contribution in [1.29, 1.82) is 5.26 Å². The number of nitrogens with one attached hydrogen (secondary N) is 2. The van der Waals surface area contributed by atoms with E-state index in [4.69, 9.17) is 22.9 Å². The van der Waals surface area contributed by atoms with E-state index in [0.717, 1.165) is 12.8 Å². The number of nitriles is 1. The summed E-state index contributed by atoms with van der Waals surface area (Å²) < 4.78 is 21.4. The number of ether oxygens (including phenoxy) is 1. The largest absolute Gasteiger partial charge is 0.374 e. The fourth-order valence-corrected chi connectivity index (χ4v) is 3.51. The first kappa shape index (κ1) is 18.6. The van der Waals surface area contributed by atoms with Crippen molar-refractivity contribution in [3.63, 3.8) is 0 Å². The highest BCUT2D eigenvalue weighted by molar-refractivity contribution is 6.34. The van der Waals surface area contributed by atoms with Crippen LogP contribution in [0.25, 0.3) is 10.5 Å². The summed E-state index contributed by atoms with van der Waals surface area (Å²) >= 11 is 6.47. The zero-order chi connectivity index (χ0) is 20.9. The van der Waals surface area contributed by atoms with Crippen LogP contribution in [0.5, 0.6) is 0 Å². The number of hydrogen-bond acceptors (Lipinski definition) is 7. The molecule has 30 heavy (non-hydrogen) atoms. The molecule has 0 bridgehead atoms. The quantitative estimate of drug-likeness (QED) is 0.601. The van der Waals surface area contributed by atoms with Crippen LogP contribution in [0.15, 0.2) is 18.3 Å². The van der Waals surface area contributed by atoms with Crippen molar-refractivity contribution >= 4 is 40.5 Å². The standard InChI is InChI=1S/C19H14ClFN8O/c1-23-14-7-24-17-16(25-11-2-3-11)27-18(28-29(14)17)26-13-5-10(6-22)4-12(15(13)20)19(21)8-30-9-19/h4-5,7,11H,2-3,8-9H2,(H2,25,26,27,28). The van der Waals surface area contributed by atoms with Gasteiger partial charge in [0.05, 0.1) is 41.8 Å². The topological polar surface area (TPSA) is 105 Å².